The lowest BCUT2D eigenvalue weighted by Crippen LogP contribution is -2.24. The molecule has 3 nitrogen and oxygen atoms in total. The van der Waals surface area contributed by atoms with Crippen LogP contribution < -0.4 is 5.32 Å². The molecule has 0 fully saturated rings. The van der Waals surface area contributed by atoms with Crippen molar-refractivity contribution in [2.24, 2.45) is 0 Å². The van der Waals surface area contributed by atoms with Gasteiger partial charge in [-0.2, -0.15) is 0 Å². The Kier molecular flexibility index (Phi) is 5.31. The SMILES string of the molecule is CCCNC(Cc1ccncc1Cl)c1scnc1C. The van der Waals surface area contributed by atoms with Crippen molar-refractivity contribution in [1.29, 1.82) is 0 Å². The van der Waals surface area contributed by atoms with Crippen molar-refractivity contribution in [2.75, 3.05) is 6.54 Å². The van der Waals surface area contributed by atoms with Crippen LogP contribution in [0.2, 0.25) is 5.02 Å². The summed E-state index contributed by atoms with van der Waals surface area (Å²) in [5.74, 6) is 0. The molecule has 0 aliphatic carbocycles. The summed E-state index contributed by atoms with van der Waals surface area (Å²) >= 11 is 7.90. The number of halogens is 1. The number of pyridine rings is 1. The predicted octanol–water partition coefficient (Wildman–Crippen LogP) is 3.78. The Balaban J connectivity index is 2.19. The zero-order valence-corrected chi connectivity index (χ0v) is 12.8. The fourth-order valence-corrected chi connectivity index (χ4v) is 3.09. The van der Waals surface area contributed by atoms with Crippen LogP contribution >= 0.6 is 22.9 Å². The molecule has 0 aliphatic heterocycles. The molecule has 0 aliphatic rings. The fourth-order valence-electron chi connectivity index (χ4n) is 2.01. The number of hydrogen-bond donors (Lipinski definition) is 1. The summed E-state index contributed by atoms with van der Waals surface area (Å²) in [5, 5.41) is 4.31. The average Bonchev–Trinajstić information content (AvgIpc) is 2.83. The van der Waals surface area contributed by atoms with Crippen molar-refractivity contribution in [3.63, 3.8) is 0 Å². The van der Waals surface area contributed by atoms with Gasteiger partial charge in [0.2, 0.25) is 0 Å². The minimum Gasteiger partial charge on any atom is -0.309 e. The molecule has 102 valence electrons. The highest BCUT2D eigenvalue weighted by Crippen LogP contribution is 2.27. The van der Waals surface area contributed by atoms with Crippen LogP contribution in [0.1, 0.15) is 35.5 Å². The van der Waals surface area contributed by atoms with Gasteiger partial charge >= 0.3 is 0 Å². The Bertz CT molecular complexity index is 527. The zero-order chi connectivity index (χ0) is 13.7. The number of nitrogens with zero attached hydrogens (tertiary/aromatic N) is 2. The standard InChI is InChI=1S/C14H18ClN3S/c1-3-5-17-13(14-10(2)18-9-19-14)7-11-4-6-16-8-12(11)15/h4,6,8-9,13,17H,3,5,7H2,1-2H3. The Hall–Kier alpha value is -0.970. The second kappa shape index (κ2) is 6.98. The number of aromatic nitrogens is 2. The maximum absolute atomic E-state index is 6.20. The van der Waals surface area contributed by atoms with Crippen LogP contribution in [0.4, 0.5) is 0 Å². The monoisotopic (exact) mass is 295 g/mol. The van der Waals surface area contributed by atoms with E-state index in [1.54, 1.807) is 23.7 Å². The van der Waals surface area contributed by atoms with E-state index < -0.39 is 0 Å². The van der Waals surface area contributed by atoms with E-state index in [4.69, 9.17) is 11.6 Å². The van der Waals surface area contributed by atoms with Crippen molar-refractivity contribution < 1.29 is 0 Å². The molecule has 2 aromatic rings. The third-order valence-corrected chi connectivity index (χ3v) is 4.41. The summed E-state index contributed by atoms with van der Waals surface area (Å²) in [6, 6.07) is 2.26. The summed E-state index contributed by atoms with van der Waals surface area (Å²) in [7, 11) is 0. The number of hydrogen-bond acceptors (Lipinski definition) is 4. The van der Waals surface area contributed by atoms with Gasteiger partial charge in [0, 0.05) is 23.3 Å². The van der Waals surface area contributed by atoms with E-state index in [1.165, 1.54) is 4.88 Å². The van der Waals surface area contributed by atoms with E-state index in [0.29, 0.717) is 0 Å². The van der Waals surface area contributed by atoms with Gasteiger partial charge in [0.25, 0.3) is 0 Å². The molecule has 0 amide bonds. The van der Waals surface area contributed by atoms with Crippen molar-refractivity contribution in [1.82, 2.24) is 15.3 Å². The molecule has 19 heavy (non-hydrogen) atoms. The molecule has 2 rings (SSSR count). The van der Waals surface area contributed by atoms with E-state index in [0.717, 1.165) is 35.7 Å². The van der Waals surface area contributed by atoms with Gasteiger partial charge in [0.15, 0.2) is 0 Å². The van der Waals surface area contributed by atoms with Crippen LogP contribution in [0.5, 0.6) is 0 Å². The lowest BCUT2D eigenvalue weighted by Gasteiger charge is -2.18. The summed E-state index contributed by atoms with van der Waals surface area (Å²) in [5.41, 5.74) is 4.13. The highest BCUT2D eigenvalue weighted by Gasteiger charge is 2.17. The van der Waals surface area contributed by atoms with Crippen LogP contribution in [0.3, 0.4) is 0 Å². The molecule has 5 heteroatoms. The summed E-state index contributed by atoms with van der Waals surface area (Å²) in [6.45, 7) is 5.22. The van der Waals surface area contributed by atoms with Crippen molar-refractivity contribution in [3.8, 4) is 0 Å². The molecule has 0 bridgehead atoms. The molecule has 0 aromatic carbocycles. The van der Waals surface area contributed by atoms with E-state index in [1.807, 2.05) is 11.6 Å². The first-order chi connectivity index (χ1) is 9.22. The first-order valence-corrected chi connectivity index (χ1v) is 7.70. The quantitative estimate of drug-likeness (QED) is 0.881. The Morgan fingerprint density at radius 3 is 2.95 bits per heavy atom. The van der Waals surface area contributed by atoms with Gasteiger partial charge in [-0.1, -0.05) is 18.5 Å². The van der Waals surface area contributed by atoms with Crippen LogP contribution in [0.15, 0.2) is 24.0 Å². The van der Waals surface area contributed by atoms with Crippen LogP contribution in [0, 0.1) is 6.92 Å². The third-order valence-electron chi connectivity index (χ3n) is 3.02. The van der Waals surface area contributed by atoms with Gasteiger partial charge < -0.3 is 5.32 Å². The molecular weight excluding hydrogens is 278 g/mol. The van der Waals surface area contributed by atoms with Crippen molar-refractivity contribution in [2.45, 2.75) is 32.7 Å². The van der Waals surface area contributed by atoms with Crippen LogP contribution in [-0.2, 0) is 6.42 Å². The first kappa shape index (κ1) is 14.4. The third kappa shape index (κ3) is 3.75. The second-order valence-corrected chi connectivity index (χ2v) is 5.77. The Labute approximate surface area is 123 Å². The summed E-state index contributed by atoms with van der Waals surface area (Å²) in [6.07, 6.45) is 5.47. The number of rotatable bonds is 6. The smallest absolute Gasteiger partial charge is 0.0798 e. The normalized spacial score (nSPS) is 12.6. The van der Waals surface area contributed by atoms with E-state index in [2.05, 4.69) is 29.1 Å². The molecule has 1 unspecified atom stereocenters. The van der Waals surface area contributed by atoms with Gasteiger partial charge in [-0.25, -0.2) is 4.98 Å². The maximum atomic E-state index is 6.20. The number of aryl methyl sites for hydroxylation is 1. The molecule has 2 heterocycles. The van der Waals surface area contributed by atoms with Gasteiger partial charge in [0.1, 0.15) is 0 Å². The molecule has 0 saturated carbocycles. The Morgan fingerprint density at radius 2 is 2.32 bits per heavy atom. The van der Waals surface area contributed by atoms with Gasteiger partial charge in [-0.3, -0.25) is 4.98 Å². The minimum atomic E-state index is 0.271. The van der Waals surface area contributed by atoms with Crippen LogP contribution in [-0.4, -0.2) is 16.5 Å². The number of nitrogens with one attached hydrogen (secondary N) is 1. The summed E-state index contributed by atoms with van der Waals surface area (Å²) in [4.78, 5) is 9.67. The molecule has 0 radical (unpaired) electrons. The van der Waals surface area contributed by atoms with E-state index >= 15 is 0 Å². The Morgan fingerprint density at radius 1 is 1.47 bits per heavy atom. The van der Waals surface area contributed by atoms with Crippen molar-refractivity contribution in [3.05, 3.63) is 45.1 Å². The largest absolute Gasteiger partial charge is 0.309 e. The van der Waals surface area contributed by atoms with Gasteiger partial charge in [-0.15, -0.1) is 11.3 Å². The van der Waals surface area contributed by atoms with Crippen LogP contribution in [0.25, 0.3) is 0 Å². The highest BCUT2D eigenvalue weighted by molar-refractivity contribution is 7.09. The number of thiazole rings is 1. The van der Waals surface area contributed by atoms with E-state index in [9.17, 15) is 0 Å². The summed E-state index contributed by atoms with van der Waals surface area (Å²) < 4.78 is 0. The molecule has 0 spiro atoms. The fraction of sp³-hybridized carbons (Fsp3) is 0.429. The van der Waals surface area contributed by atoms with Gasteiger partial charge in [-0.05, 0) is 37.9 Å². The lowest BCUT2D eigenvalue weighted by atomic mass is 10.0. The van der Waals surface area contributed by atoms with E-state index in [-0.39, 0.29) is 6.04 Å². The first-order valence-electron chi connectivity index (χ1n) is 6.44. The average molecular weight is 296 g/mol. The molecule has 1 N–H and O–H groups in total. The highest BCUT2D eigenvalue weighted by atomic mass is 35.5. The van der Waals surface area contributed by atoms with Crippen molar-refractivity contribution >= 4 is 22.9 Å². The molecule has 2 aromatic heterocycles. The lowest BCUT2D eigenvalue weighted by molar-refractivity contribution is 0.533. The maximum Gasteiger partial charge on any atom is 0.0798 e. The second-order valence-electron chi connectivity index (χ2n) is 4.48. The molecular formula is C14H18ClN3S. The van der Waals surface area contributed by atoms with Gasteiger partial charge in [0.05, 0.1) is 16.2 Å². The topological polar surface area (TPSA) is 37.8 Å². The predicted molar refractivity (Wildman–Crippen MR) is 80.8 cm³/mol. The zero-order valence-electron chi connectivity index (χ0n) is 11.2. The minimum absolute atomic E-state index is 0.271. The molecule has 1 atom stereocenters. The molecule has 0 saturated heterocycles.